The Labute approximate surface area is 316 Å². The summed E-state index contributed by atoms with van der Waals surface area (Å²) in [6.45, 7) is 13.6. The number of phenolic OH excluding ortho intramolecular Hbond substituents is 1. The number of rotatable bonds is 11. The molecular weight excluding hydrogens is 685 g/mol. The van der Waals surface area contributed by atoms with Crippen LogP contribution in [0.5, 0.6) is 5.75 Å². The van der Waals surface area contributed by atoms with Gasteiger partial charge < -0.3 is 39.3 Å². The number of para-hydroxylation sites is 1. The van der Waals surface area contributed by atoms with Gasteiger partial charge in [0.1, 0.15) is 11.7 Å². The summed E-state index contributed by atoms with van der Waals surface area (Å²) < 4.78 is 10.9. The average molecular weight is 737 g/mol. The van der Waals surface area contributed by atoms with Gasteiger partial charge in [-0.15, -0.1) is 10.2 Å². The van der Waals surface area contributed by atoms with Crippen molar-refractivity contribution in [3.63, 3.8) is 0 Å². The maximum atomic E-state index is 12.5. The topological polar surface area (TPSA) is 149 Å². The zero-order chi connectivity index (χ0) is 37.4. The Kier molecular flexibility index (Phi) is 10.0. The number of aromatic hydroxyl groups is 1. The molecule has 1 saturated carbocycles. The lowest BCUT2D eigenvalue weighted by molar-refractivity contribution is -0.146. The van der Waals surface area contributed by atoms with Crippen molar-refractivity contribution in [2.24, 2.45) is 11.3 Å². The molecule has 8 rings (SSSR count). The number of carbonyl (C=O) groups excluding carboxylic acids is 1. The summed E-state index contributed by atoms with van der Waals surface area (Å²) in [4.78, 5) is 31.7. The van der Waals surface area contributed by atoms with Crippen molar-refractivity contribution in [2.45, 2.75) is 64.3 Å². The van der Waals surface area contributed by atoms with E-state index in [0.29, 0.717) is 46.8 Å². The predicted molar refractivity (Wildman–Crippen MR) is 207 cm³/mol. The van der Waals surface area contributed by atoms with E-state index in [0.717, 1.165) is 82.7 Å². The van der Waals surface area contributed by atoms with Crippen molar-refractivity contribution >= 4 is 29.2 Å². The summed E-state index contributed by atoms with van der Waals surface area (Å²) in [6.07, 6.45) is 8.82. The molecule has 1 aliphatic carbocycles. The van der Waals surface area contributed by atoms with Gasteiger partial charge in [0.25, 0.3) is 0 Å². The van der Waals surface area contributed by atoms with E-state index >= 15 is 0 Å². The first-order valence-corrected chi connectivity index (χ1v) is 19.5. The van der Waals surface area contributed by atoms with Gasteiger partial charge in [0.2, 0.25) is 5.95 Å². The van der Waals surface area contributed by atoms with Crippen LogP contribution >= 0.6 is 0 Å². The summed E-state index contributed by atoms with van der Waals surface area (Å²) in [6, 6.07) is 11.8. The highest BCUT2D eigenvalue weighted by atomic mass is 16.5. The van der Waals surface area contributed by atoms with Crippen molar-refractivity contribution in [3.05, 3.63) is 60.1 Å². The first kappa shape index (κ1) is 36.0. The lowest BCUT2D eigenvalue weighted by Gasteiger charge is -2.61. The van der Waals surface area contributed by atoms with E-state index in [2.05, 4.69) is 40.3 Å². The quantitative estimate of drug-likeness (QED) is 0.196. The summed E-state index contributed by atoms with van der Waals surface area (Å²) in [5.74, 6) is 2.99. The Morgan fingerprint density at radius 2 is 1.69 bits per heavy atom. The van der Waals surface area contributed by atoms with Crippen LogP contribution in [0.3, 0.4) is 0 Å². The number of ether oxygens (including phenoxy) is 1. The predicted octanol–water partition coefficient (Wildman–Crippen LogP) is 5.15. The molecule has 1 atom stereocenters. The third-order valence-electron chi connectivity index (χ3n) is 12.0. The van der Waals surface area contributed by atoms with Crippen molar-refractivity contribution in [1.29, 1.82) is 0 Å². The number of aromatic nitrogens is 5. The number of anilines is 4. The van der Waals surface area contributed by atoms with Crippen molar-refractivity contribution in [3.8, 4) is 17.0 Å². The molecule has 6 heterocycles. The molecule has 3 saturated heterocycles. The smallest absolute Gasteiger partial charge is 0.317 e. The Morgan fingerprint density at radius 3 is 2.35 bits per heavy atom. The van der Waals surface area contributed by atoms with E-state index in [4.69, 9.17) is 19.2 Å². The summed E-state index contributed by atoms with van der Waals surface area (Å²) >= 11 is 0. The summed E-state index contributed by atoms with van der Waals surface area (Å²) in [5.41, 5.74) is 3.88. The van der Waals surface area contributed by atoms with Gasteiger partial charge in [-0.25, -0.2) is 9.97 Å². The van der Waals surface area contributed by atoms with Crippen LogP contribution < -0.4 is 20.0 Å². The van der Waals surface area contributed by atoms with Gasteiger partial charge in [0.05, 0.1) is 18.0 Å². The molecule has 1 spiro atoms. The molecule has 1 aromatic carbocycles. The van der Waals surface area contributed by atoms with Crippen molar-refractivity contribution in [2.75, 3.05) is 86.0 Å². The molecule has 3 aromatic heterocycles. The Hall–Kier alpha value is -4.98. The number of hydrogen-bond acceptors (Lipinski definition) is 14. The Morgan fingerprint density at radius 1 is 0.981 bits per heavy atom. The minimum atomic E-state index is -0.430. The molecule has 54 heavy (non-hydrogen) atoms. The zero-order valence-electron chi connectivity index (χ0n) is 31.8. The van der Waals surface area contributed by atoms with E-state index in [9.17, 15) is 9.90 Å². The largest absolute Gasteiger partial charge is 0.507 e. The number of likely N-dealkylation sites (tertiary alicyclic amines) is 1. The fourth-order valence-electron chi connectivity index (χ4n) is 8.98. The highest BCUT2D eigenvalue weighted by Crippen LogP contribution is 2.52. The number of phenols is 1. The van der Waals surface area contributed by atoms with Gasteiger partial charge in [-0.1, -0.05) is 31.1 Å². The molecule has 0 radical (unpaired) electrons. The van der Waals surface area contributed by atoms with Crippen LogP contribution in [0.15, 0.2) is 53.3 Å². The van der Waals surface area contributed by atoms with Gasteiger partial charge in [0, 0.05) is 81.8 Å². The third kappa shape index (κ3) is 7.03. The number of esters is 1. The monoisotopic (exact) mass is 736 g/mol. The molecule has 3 aliphatic heterocycles. The third-order valence-corrected chi connectivity index (χ3v) is 12.0. The van der Waals surface area contributed by atoms with Crippen LogP contribution in [0, 0.1) is 11.3 Å². The SMILES string of the molecule is CCOC(=O)C(c1cc(N2CC3(CC(N4CCC(c5cnc(N6CCN(c7cc(-c8ccccc8O)nnc7NC)CC6)nc5)CC4)C3)C2)no1)C(C)C. The average Bonchev–Trinajstić information content (AvgIpc) is 3.63. The lowest BCUT2D eigenvalue weighted by atomic mass is 9.60. The zero-order valence-corrected chi connectivity index (χ0v) is 31.8. The van der Waals surface area contributed by atoms with E-state index in [1.165, 1.54) is 18.4 Å². The first-order valence-electron chi connectivity index (χ1n) is 19.5. The molecule has 4 aromatic rings. The molecule has 286 valence electrons. The molecule has 0 bridgehead atoms. The summed E-state index contributed by atoms with van der Waals surface area (Å²) in [5, 5.41) is 26.6. The van der Waals surface area contributed by atoms with E-state index in [1.807, 2.05) is 64.5 Å². The number of nitrogens with zero attached hydrogens (tertiary/aromatic N) is 9. The number of nitrogens with one attached hydrogen (secondary N) is 1. The normalized spacial score (nSPS) is 19.8. The highest BCUT2D eigenvalue weighted by molar-refractivity contribution is 5.78. The molecule has 14 heteroatoms. The number of piperidine rings is 1. The molecule has 14 nitrogen and oxygen atoms in total. The standard InChI is InChI=1S/C40H52N10O4/c1-5-53-38(52)36(26(2)3)34-19-35(46-54-34)50-24-40(25-50)20-29(21-40)47-12-10-27(11-13-47)28-22-42-39(43-23-28)49-16-14-48(15-17-49)32-18-31(44-45-37(32)41-4)30-8-6-7-9-33(30)51/h6-9,18-19,22-23,26-27,29,36,51H,5,10-17,20-21,24-25H2,1-4H3,(H,41,45). The maximum Gasteiger partial charge on any atom is 0.317 e. The van der Waals surface area contributed by atoms with Gasteiger partial charge in [-0.2, -0.15) is 0 Å². The molecule has 0 amide bonds. The van der Waals surface area contributed by atoms with Crippen LogP contribution in [-0.4, -0.2) is 113 Å². The van der Waals surface area contributed by atoms with Gasteiger partial charge in [-0.3, -0.25) is 4.79 Å². The lowest BCUT2D eigenvalue weighted by Crippen LogP contribution is -2.67. The van der Waals surface area contributed by atoms with E-state index in [1.54, 1.807) is 12.1 Å². The molecular formula is C40H52N10O4. The highest BCUT2D eigenvalue weighted by Gasteiger charge is 2.54. The Balaban J connectivity index is 0.791. The van der Waals surface area contributed by atoms with Crippen molar-refractivity contribution in [1.82, 2.24) is 30.2 Å². The second-order valence-corrected chi connectivity index (χ2v) is 15.8. The van der Waals surface area contributed by atoms with Crippen LogP contribution in [0.4, 0.5) is 23.3 Å². The number of carbonyl (C=O) groups is 1. The summed E-state index contributed by atoms with van der Waals surface area (Å²) in [7, 11) is 1.85. The molecule has 1 unspecified atom stereocenters. The van der Waals surface area contributed by atoms with Crippen LogP contribution in [0.2, 0.25) is 0 Å². The van der Waals surface area contributed by atoms with Crippen LogP contribution in [-0.2, 0) is 9.53 Å². The second kappa shape index (κ2) is 15.0. The molecule has 2 N–H and O–H groups in total. The number of benzene rings is 1. The molecule has 4 aliphatic rings. The van der Waals surface area contributed by atoms with E-state index in [-0.39, 0.29) is 17.6 Å². The van der Waals surface area contributed by atoms with E-state index < -0.39 is 5.92 Å². The maximum absolute atomic E-state index is 12.5. The minimum absolute atomic E-state index is 0.0709. The molecule has 4 fully saturated rings. The fourth-order valence-corrected chi connectivity index (χ4v) is 8.98. The number of hydrogen-bond donors (Lipinski definition) is 2. The van der Waals surface area contributed by atoms with Crippen molar-refractivity contribution < 1.29 is 19.2 Å². The fraction of sp³-hybridized carbons (Fsp3) is 0.550. The minimum Gasteiger partial charge on any atom is -0.507 e. The van der Waals surface area contributed by atoms with Crippen LogP contribution in [0.1, 0.15) is 69.6 Å². The first-order chi connectivity index (χ1) is 26.2. The second-order valence-electron chi connectivity index (χ2n) is 15.8. The van der Waals surface area contributed by atoms with Gasteiger partial charge in [-0.05, 0) is 81.3 Å². The van der Waals surface area contributed by atoms with Gasteiger partial charge in [0.15, 0.2) is 17.4 Å². The Bertz CT molecular complexity index is 1910. The number of piperazine rings is 1. The van der Waals surface area contributed by atoms with Gasteiger partial charge >= 0.3 is 5.97 Å². The van der Waals surface area contributed by atoms with Crippen LogP contribution in [0.25, 0.3) is 11.3 Å².